The maximum Gasteiger partial charge on any atom is 0.0308 e. The number of hydrogen-bond acceptors (Lipinski definition) is 0. The molecule has 60 heavy (non-hydrogen) atoms. The molecule has 0 N–H and O–H groups in total. The Labute approximate surface area is 444 Å². The zero-order valence-electron chi connectivity index (χ0n) is 85.1. The van der Waals surface area contributed by atoms with Crippen LogP contribution in [-0.2, 0) is 0 Å². The Kier molecular flexibility index (Phi) is 6.20. The van der Waals surface area contributed by atoms with Gasteiger partial charge in [-0.1, -0.05) is 160 Å². The lowest BCUT2D eigenvalue weighted by atomic mass is 9.60. The Morgan fingerprint density at radius 2 is 0.517 bits per heavy atom. The van der Waals surface area contributed by atoms with Crippen LogP contribution in [-0.4, -0.2) is 0 Å². The van der Waals surface area contributed by atoms with Crippen LogP contribution < -0.4 is 0 Å². The van der Waals surface area contributed by atoms with E-state index in [4.69, 9.17) is 63.1 Å². The van der Waals surface area contributed by atoms with Crippen molar-refractivity contribution in [2.45, 2.75) is 313 Å². The van der Waals surface area contributed by atoms with Crippen molar-refractivity contribution >= 4 is 0 Å². The summed E-state index contributed by atoms with van der Waals surface area (Å²) in [5, 5.41) is 0. The Morgan fingerprint density at radius 3 is 0.783 bits per heavy atom. The van der Waals surface area contributed by atoms with Crippen molar-refractivity contribution < 1.29 is 63.1 Å². The summed E-state index contributed by atoms with van der Waals surface area (Å²) in [4.78, 5) is 0. The quantitative estimate of drug-likeness (QED) is 0.227. The summed E-state index contributed by atoms with van der Waals surface area (Å²) in [7, 11) is 0. The Hall–Kier alpha value is 0. The van der Waals surface area contributed by atoms with E-state index < -0.39 is 190 Å². The van der Waals surface area contributed by atoms with Crippen molar-refractivity contribution in [1.29, 1.82) is 0 Å². The standard InChI is InChI=1S/C16H30.2C15H28.C14H26/c1-15(2,3)14-8-12-16(13-9-14)10-6-4-5-7-11-16;2*1-14(2,3)13-7-11-15(12-8-13)9-5-4-6-10-15;1-13(2,3)12-6-10-14(11-7-12)8-4-5-9-14/h14H,4-13H2,1-3H3;2*13H,4-12H2,1-3H3;12H,4-11H2,1-3H3/i8D2,9D2,14D;4D2,5D2,6D2,7D2,8D2,9D2,10D2,11D2,12D2,13D;7D2,8D2,13D;4D2,5D2,6D2,7D2,8D2,9D2,10D2,11D2,12D. The monoisotopic (exact) mass is 879 g/mol. The molecule has 0 aromatic carbocycles. The summed E-state index contributed by atoms with van der Waals surface area (Å²) in [5.41, 5.74) is -14.3. The summed E-state index contributed by atoms with van der Waals surface area (Å²) in [6.07, 6.45) is -63.6. The topological polar surface area (TPSA) is 0 Å². The summed E-state index contributed by atoms with van der Waals surface area (Å²) in [6, 6.07) is 0. The summed E-state index contributed by atoms with van der Waals surface area (Å²) >= 11 is 0. The van der Waals surface area contributed by atoms with Crippen molar-refractivity contribution in [1.82, 2.24) is 0 Å². The lowest BCUT2D eigenvalue weighted by Crippen LogP contribution is -2.33. The lowest BCUT2D eigenvalue weighted by molar-refractivity contribution is 0.0574. The lowest BCUT2D eigenvalue weighted by Gasteiger charge is -2.46. The van der Waals surface area contributed by atoms with Crippen LogP contribution >= 0.6 is 0 Å². The molecule has 0 saturated heterocycles. The van der Waals surface area contributed by atoms with Gasteiger partial charge in [-0.15, -0.1) is 0 Å². The first kappa shape index (κ1) is 17.3. The second kappa shape index (κ2) is 21.5. The minimum absolute atomic E-state index is 0.221. The van der Waals surface area contributed by atoms with E-state index in [0.29, 0.717) is 25.7 Å². The van der Waals surface area contributed by atoms with Crippen molar-refractivity contribution in [2.75, 3.05) is 0 Å². The fraction of sp³-hybridized carbons (Fsp3) is 1.00. The molecule has 8 rings (SSSR count). The first-order valence-corrected chi connectivity index (χ1v) is 22.5. The van der Waals surface area contributed by atoms with Gasteiger partial charge in [0.15, 0.2) is 0 Å². The molecule has 0 heterocycles. The van der Waals surface area contributed by atoms with E-state index in [2.05, 4.69) is 0 Å². The zero-order valence-corrected chi connectivity index (χ0v) is 39.1. The van der Waals surface area contributed by atoms with Gasteiger partial charge in [-0.3, -0.25) is 0 Å². The van der Waals surface area contributed by atoms with Crippen LogP contribution in [0.15, 0.2) is 0 Å². The SMILES string of the molecule is [2H]C1([2H])C([2H])([2H])C([2H])([2H])C2(C([2H])([2H])C1([2H])[2H])C([2H])([2H])C([2H])([2H])C([2H])(C(C)(C)C)C([2H])([2H])C2([2H])[2H].[2H]C1([2H])C([2H])([2H])C([2H])([2H])C2(C1([2H])[2H])C([2H])([2H])C([2H])([2H])C([2H])(C(C)(C)C)C([2H])([2H])C2([2H])[2H].[2H]C1([2H])CC2(CCCCC2)CC([2H])([2H])C1([2H])C(C)(C)C.[2H]C1([2H])CC2(CCCCCC2)CC([2H])([2H])C1([2H])C(C)(C)C. The molecule has 0 aliphatic heterocycles. The van der Waals surface area contributed by atoms with Crippen LogP contribution in [0.5, 0.6) is 0 Å². The molecule has 0 aromatic heterocycles. The zero-order chi connectivity index (χ0) is 85.1. The van der Waals surface area contributed by atoms with Crippen molar-refractivity contribution in [3.63, 3.8) is 0 Å². The van der Waals surface area contributed by atoms with E-state index in [1.165, 1.54) is 19.3 Å². The maximum absolute atomic E-state index is 8.79. The molecule has 0 bridgehead atoms. The smallest absolute Gasteiger partial charge is 0.0308 e. The molecule has 0 nitrogen and oxygen atoms in total. The van der Waals surface area contributed by atoms with Gasteiger partial charge in [0.1, 0.15) is 0 Å². The van der Waals surface area contributed by atoms with E-state index in [9.17, 15) is 0 Å². The molecule has 0 aromatic rings. The second-order valence-electron chi connectivity index (χ2n) is 22.0. The van der Waals surface area contributed by atoms with Crippen LogP contribution in [0.25, 0.3) is 0 Å². The Bertz CT molecular complexity index is 3090. The van der Waals surface area contributed by atoms with Gasteiger partial charge in [0.2, 0.25) is 0 Å². The largest absolute Gasteiger partial charge is 0.0599 e. The molecule has 0 unspecified atom stereocenters. The predicted molar refractivity (Wildman–Crippen MR) is 268 cm³/mol. The summed E-state index contributed by atoms with van der Waals surface area (Å²) < 4.78 is 388. The van der Waals surface area contributed by atoms with E-state index in [0.717, 1.165) is 92.9 Å². The van der Waals surface area contributed by atoms with Gasteiger partial charge >= 0.3 is 0 Å². The minimum atomic E-state index is -4.47. The van der Waals surface area contributed by atoms with Crippen LogP contribution in [0.4, 0.5) is 0 Å². The van der Waals surface area contributed by atoms with Crippen LogP contribution in [0.1, 0.15) is 376 Å². The van der Waals surface area contributed by atoms with E-state index in [1.54, 1.807) is 41.5 Å². The maximum atomic E-state index is 8.79. The molecule has 0 heteroatoms. The second-order valence-corrected chi connectivity index (χ2v) is 22.0. The average molecular weight is 880 g/mol. The highest BCUT2D eigenvalue weighted by molar-refractivity contribution is 4.94. The third-order valence-corrected chi connectivity index (χ3v) is 12.3. The predicted octanol–water partition coefficient (Wildman–Crippen LogP) is 20.7. The summed E-state index contributed by atoms with van der Waals surface area (Å²) in [6.45, 7) is 17.6. The third-order valence-electron chi connectivity index (χ3n) is 12.3. The molecule has 4 spiro atoms. The molecular weight excluding hydrogens is 721 g/mol. The van der Waals surface area contributed by atoms with Gasteiger partial charge in [0.25, 0.3) is 0 Å². The van der Waals surface area contributed by atoms with Gasteiger partial charge < -0.3 is 0 Å². The minimum Gasteiger partial charge on any atom is -0.0599 e. The van der Waals surface area contributed by atoms with Crippen LogP contribution in [0.3, 0.4) is 0 Å². The van der Waals surface area contributed by atoms with Crippen molar-refractivity contribution in [3.8, 4) is 0 Å². The Morgan fingerprint density at radius 1 is 0.283 bits per heavy atom. The number of rotatable bonds is 0. The van der Waals surface area contributed by atoms with Gasteiger partial charge in [-0.05, 0) is 220 Å². The molecule has 8 aliphatic rings. The molecular formula is C60H112. The van der Waals surface area contributed by atoms with E-state index in [-0.39, 0.29) is 10.8 Å². The van der Waals surface area contributed by atoms with E-state index in [1.807, 2.05) is 0 Å². The first-order chi connectivity index (χ1) is 45.5. The van der Waals surface area contributed by atoms with Crippen LogP contribution in [0.2, 0.25) is 0 Å². The fourth-order valence-corrected chi connectivity index (χ4v) is 8.25. The molecule has 0 atom stereocenters. The average Bonchev–Trinajstić information content (AvgIpc) is 1.08. The van der Waals surface area contributed by atoms with E-state index >= 15 is 0 Å². The van der Waals surface area contributed by atoms with Crippen molar-refractivity contribution in [2.24, 2.45) is 66.9 Å². The molecule has 0 radical (unpaired) electrons. The summed E-state index contributed by atoms with van der Waals surface area (Å²) in [5.74, 6) is -10.0. The fourth-order valence-electron chi connectivity index (χ4n) is 8.25. The first-order valence-electron chi connectivity index (χ1n) is 45.5. The number of hydrogen-bond donors (Lipinski definition) is 0. The highest BCUT2D eigenvalue weighted by Gasteiger charge is 2.42. The van der Waals surface area contributed by atoms with Gasteiger partial charge in [-0.25, -0.2) is 0 Å². The molecule has 8 saturated carbocycles. The normalized spacial score (nSPS) is 59.3. The molecule has 352 valence electrons. The van der Waals surface area contributed by atoms with Crippen LogP contribution in [0, 0.1) is 66.9 Å². The highest BCUT2D eigenvalue weighted by Crippen LogP contribution is 2.55. The van der Waals surface area contributed by atoms with Gasteiger partial charge in [-0.2, -0.15) is 0 Å². The Balaban J connectivity index is 0.000000260. The molecule has 8 aliphatic carbocycles. The molecule has 8 fully saturated rings. The molecule has 0 amide bonds. The van der Waals surface area contributed by atoms with Crippen molar-refractivity contribution in [3.05, 3.63) is 0 Å². The highest BCUT2D eigenvalue weighted by atomic mass is 14.5. The van der Waals surface area contributed by atoms with Gasteiger partial charge in [0.05, 0.1) is 0 Å². The third kappa shape index (κ3) is 15.0. The van der Waals surface area contributed by atoms with Gasteiger partial charge in [0, 0.05) is 63.1 Å².